The van der Waals surface area contributed by atoms with Crippen LogP contribution in [-0.2, 0) is 0 Å². The van der Waals surface area contributed by atoms with Crippen molar-refractivity contribution in [3.8, 4) is 83.8 Å². The first kappa shape index (κ1) is 71.9. The molecule has 0 fully saturated rings. The quantitative estimate of drug-likeness (QED) is 0.128. The minimum absolute atomic E-state index is 0.207. The summed E-state index contributed by atoms with van der Waals surface area (Å²) in [6, 6.07) is 148. The van der Waals surface area contributed by atoms with E-state index in [9.17, 15) is 8.78 Å². The Labute approximate surface area is 696 Å². The van der Waals surface area contributed by atoms with Gasteiger partial charge in [-0.05, 0) is 236 Å². The van der Waals surface area contributed by atoms with E-state index in [1.54, 1.807) is 30.3 Å². The van der Waals surface area contributed by atoms with E-state index in [2.05, 4.69) is 372 Å². The van der Waals surface area contributed by atoms with Gasteiger partial charge in [0.1, 0.15) is 17.5 Å². The van der Waals surface area contributed by atoms with Gasteiger partial charge < -0.3 is 13.7 Å². The predicted octanol–water partition coefficient (Wildman–Crippen LogP) is 32.0. The van der Waals surface area contributed by atoms with Gasteiger partial charge in [0.2, 0.25) is 0 Å². The lowest BCUT2D eigenvalue weighted by Gasteiger charge is -2.19. The van der Waals surface area contributed by atoms with E-state index in [0.717, 1.165) is 132 Å². The van der Waals surface area contributed by atoms with Crippen LogP contribution in [0.25, 0.3) is 214 Å². The first-order chi connectivity index (χ1) is 59.8. The zero-order valence-corrected chi connectivity index (χ0v) is 66.0. The molecule has 121 heavy (non-hydrogen) atoms. The third-order valence-electron chi connectivity index (χ3n) is 24.5. The van der Waals surface area contributed by atoms with Gasteiger partial charge in [-0.3, -0.25) is 0 Å². The lowest BCUT2D eigenvalue weighted by Crippen LogP contribution is -1.95. The summed E-state index contributed by atoms with van der Waals surface area (Å²) in [7, 11) is 0. The summed E-state index contributed by atoms with van der Waals surface area (Å²) in [5.41, 5.74) is 24.2. The molecule has 0 aliphatic carbocycles. The van der Waals surface area contributed by atoms with Crippen LogP contribution in [0.4, 0.5) is 13.2 Å². The second-order valence-electron chi connectivity index (χ2n) is 31.2. The summed E-state index contributed by atoms with van der Waals surface area (Å²) < 4.78 is 51.1. The molecule has 0 spiro atoms. The zero-order chi connectivity index (χ0) is 80.8. The van der Waals surface area contributed by atoms with Crippen molar-refractivity contribution in [2.45, 2.75) is 6.92 Å². The van der Waals surface area contributed by atoms with Crippen LogP contribution in [0.2, 0.25) is 0 Å². The van der Waals surface area contributed by atoms with E-state index >= 15 is 4.39 Å². The first-order valence-electron chi connectivity index (χ1n) is 41.1. The monoisotopic (exact) mass is 1550 g/mol. The number of hydrogen-bond donors (Lipinski definition) is 0. The highest BCUT2D eigenvalue weighted by molar-refractivity contribution is 6.25. The fourth-order valence-corrected chi connectivity index (χ4v) is 19.3. The van der Waals surface area contributed by atoms with Crippen LogP contribution < -0.4 is 0 Å². The third-order valence-corrected chi connectivity index (χ3v) is 24.5. The lowest BCUT2D eigenvalue weighted by atomic mass is 9.85. The van der Waals surface area contributed by atoms with E-state index in [1.807, 2.05) is 36.4 Å². The van der Waals surface area contributed by atoms with E-state index in [1.165, 1.54) is 94.2 Å². The van der Waals surface area contributed by atoms with Gasteiger partial charge in [-0.2, -0.15) is 0 Å². The number of aromatic nitrogens is 3. The Bertz CT molecular complexity index is 7920. The number of halogens is 3. The van der Waals surface area contributed by atoms with E-state index in [4.69, 9.17) is 0 Å². The summed E-state index contributed by atoms with van der Waals surface area (Å²) >= 11 is 0. The van der Waals surface area contributed by atoms with Crippen molar-refractivity contribution >= 4 is 130 Å². The van der Waals surface area contributed by atoms with Gasteiger partial charge >= 0.3 is 0 Å². The average molecular weight is 1550 g/mol. The number of rotatable bonds is 9. The maximum Gasteiger partial charge on any atom is 0.131 e. The molecule has 0 amide bonds. The Kier molecular flexibility index (Phi) is 17.7. The molecule has 0 bridgehead atoms. The van der Waals surface area contributed by atoms with E-state index in [-0.39, 0.29) is 17.5 Å². The summed E-state index contributed by atoms with van der Waals surface area (Å²) in [5.74, 6) is -0.653. The predicted molar refractivity (Wildman–Crippen MR) is 505 cm³/mol. The highest BCUT2D eigenvalue weighted by Crippen LogP contribution is 2.49. The molecule has 570 valence electrons. The Morgan fingerprint density at radius 2 is 0.397 bits per heavy atom. The van der Waals surface area contributed by atoms with Crippen LogP contribution in [0.3, 0.4) is 0 Å². The molecule has 0 saturated carbocycles. The molecule has 24 rings (SSSR count). The van der Waals surface area contributed by atoms with Crippen molar-refractivity contribution in [3.63, 3.8) is 0 Å². The third kappa shape index (κ3) is 12.1. The largest absolute Gasteiger partial charge is 0.309 e. The van der Waals surface area contributed by atoms with E-state index < -0.39 is 0 Å². The fraction of sp³-hybridized carbons (Fsp3) is 0.00870. The molecular formula is C115H74F3N3. The molecule has 0 saturated heterocycles. The maximum absolute atomic E-state index is 15.2. The molecule has 0 radical (unpaired) electrons. The number of para-hydroxylation sites is 6. The Hall–Kier alpha value is -15.6. The second-order valence-corrected chi connectivity index (χ2v) is 31.2. The number of aryl methyl sites for hydroxylation is 1. The summed E-state index contributed by atoms with van der Waals surface area (Å²) in [6.07, 6.45) is 0. The molecule has 21 aromatic carbocycles. The molecule has 0 atom stereocenters. The zero-order valence-electron chi connectivity index (χ0n) is 66.0. The van der Waals surface area contributed by atoms with Crippen LogP contribution in [-0.4, -0.2) is 13.7 Å². The molecule has 3 heterocycles. The fourth-order valence-electron chi connectivity index (χ4n) is 19.3. The van der Waals surface area contributed by atoms with Gasteiger partial charge in [0.25, 0.3) is 0 Å². The number of benzene rings is 21. The van der Waals surface area contributed by atoms with Gasteiger partial charge in [0.15, 0.2) is 0 Å². The van der Waals surface area contributed by atoms with Crippen molar-refractivity contribution in [1.29, 1.82) is 0 Å². The van der Waals surface area contributed by atoms with Crippen molar-refractivity contribution in [2.24, 2.45) is 0 Å². The van der Waals surface area contributed by atoms with E-state index in [0.29, 0.717) is 5.56 Å². The normalized spacial score (nSPS) is 11.6. The second kappa shape index (κ2) is 29.8. The molecule has 3 aromatic heterocycles. The molecule has 0 aliphatic rings. The summed E-state index contributed by atoms with van der Waals surface area (Å²) in [4.78, 5) is 0. The average Bonchev–Trinajstić information content (AvgIpc) is 1.69. The van der Waals surface area contributed by atoms with Gasteiger partial charge in [-0.1, -0.05) is 328 Å². The van der Waals surface area contributed by atoms with Crippen LogP contribution in [0, 0.1) is 24.4 Å². The minimum Gasteiger partial charge on any atom is -0.309 e. The van der Waals surface area contributed by atoms with Gasteiger partial charge in [0, 0.05) is 60.5 Å². The number of hydrogen-bond acceptors (Lipinski definition) is 0. The summed E-state index contributed by atoms with van der Waals surface area (Å²) in [6.45, 7) is 2.06. The number of nitrogens with zero attached hydrogens (tertiary/aromatic N) is 3. The van der Waals surface area contributed by atoms with Crippen molar-refractivity contribution in [3.05, 3.63) is 454 Å². The smallest absolute Gasteiger partial charge is 0.131 e. The minimum atomic E-state index is -0.226. The van der Waals surface area contributed by atoms with Crippen molar-refractivity contribution < 1.29 is 13.2 Å². The SMILES string of the molecule is Cc1ccc(F)cc1-c1c2ccccc2c(-c2ccc(-n3c4ccccc4c4ccccc43)cc2)c2ccccc12.Fc1cccc(-c2c3ccccc3c(-c3ccc(-n4c5ccccc5c5ccccc54)cc3)c3ccccc23)c1.Fc1ccccc1-c1c2ccccc2c(-c2ccc(-n3c4ccccc4c4ccccc43)cc2)c2ccccc12. The van der Waals surface area contributed by atoms with Crippen LogP contribution in [0.5, 0.6) is 0 Å². The molecule has 0 N–H and O–H groups in total. The maximum atomic E-state index is 15.2. The number of fused-ring (bicyclic) bond motifs is 15. The standard InChI is InChI=1S/C39H26FN.2C38H24FN/c1-25-18-21-27(40)24-35(25)39-33-14-4-2-12-31(33)38(32-13-3-5-15-34(32)39)26-19-22-28(23-20-26)41-36-16-8-6-10-29(36)30-11-7-9-17-37(30)41;39-34-18-8-5-17-33(34)38-31-15-3-1-13-29(31)37(30-14-2-4-16-32(30)38)25-21-23-26(24-22-25)40-35-19-9-6-11-27(35)28-12-7-10-20-36(28)40;39-27-11-9-10-26(24-27)38-33-16-3-1-14-31(33)37(32-15-2-4-17-34(32)38)25-20-22-28(23-21-25)40-35-18-7-5-12-29(35)30-13-6-8-19-36(30)40/h2-24H,1H3;2*1-24H. The van der Waals surface area contributed by atoms with Crippen LogP contribution >= 0.6 is 0 Å². The summed E-state index contributed by atoms with van der Waals surface area (Å²) in [5, 5.41) is 21.0. The topological polar surface area (TPSA) is 14.8 Å². The molecule has 6 heteroatoms. The molecule has 3 nitrogen and oxygen atoms in total. The molecule has 0 unspecified atom stereocenters. The Balaban J connectivity index is 0.000000109. The molecular weight excluding hydrogens is 1480 g/mol. The highest BCUT2D eigenvalue weighted by atomic mass is 19.1. The van der Waals surface area contributed by atoms with Crippen molar-refractivity contribution in [2.75, 3.05) is 0 Å². The highest BCUT2D eigenvalue weighted by Gasteiger charge is 2.24. The van der Waals surface area contributed by atoms with Crippen LogP contribution in [0.1, 0.15) is 5.56 Å². The van der Waals surface area contributed by atoms with Crippen LogP contribution in [0.15, 0.2) is 431 Å². The first-order valence-corrected chi connectivity index (χ1v) is 41.1. The Morgan fingerprint density at radius 1 is 0.165 bits per heavy atom. The van der Waals surface area contributed by atoms with Gasteiger partial charge in [0.05, 0.1) is 33.1 Å². The Morgan fingerprint density at radius 3 is 0.678 bits per heavy atom. The van der Waals surface area contributed by atoms with Gasteiger partial charge in [-0.25, -0.2) is 13.2 Å². The van der Waals surface area contributed by atoms with Crippen molar-refractivity contribution in [1.82, 2.24) is 13.7 Å². The molecule has 24 aromatic rings. The lowest BCUT2D eigenvalue weighted by molar-refractivity contribution is 0.627. The van der Waals surface area contributed by atoms with Gasteiger partial charge in [-0.15, -0.1) is 0 Å². The molecule has 0 aliphatic heterocycles.